The molecule has 0 aliphatic rings. The fraction of sp³-hybridized carbons (Fsp3) is 0.833. The molecule has 0 heterocycles. The first-order chi connectivity index (χ1) is 13.8. The van der Waals surface area contributed by atoms with Crippen molar-refractivity contribution in [3.05, 3.63) is 0 Å². The van der Waals surface area contributed by atoms with Crippen molar-refractivity contribution in [2.24, 2.45) is 0 Å². The largest absolute Gasteiger partial charge is 1.00 e. The third kappa shape index (κ3) is 35.7. The Hall–Kier alpha value is 1.53. The summed E-state index contributed by atoms with van der Waals surface area (Å²) in [5.41, 5.74) is -2.80. The van der Waals surface area contributed by atoms with E-state index >= 15 is 0 Å². The third-order valence-electron chi connectivity index (χ3n) is 4.00. The smallest absolute Gasteiger partial charge is 1.00 e. The van der Waals surface area contributed by atoms with Gasteiger partial charge in [-0.2, -0.15) is 0 Å². The predicted molar refractivity (Wildman–Crippen MR) is 102 cm³/mol. The third-order valence-corrected chi connectivity index (χ3v) is 4.46. The Morgan fingerprint density at radius 2 is 1.21 bits per heavy atom. The molecule has 1 atom stereocenters. The van der Waals surface area contributed by atoms with E-state index in [1.54, 1.807) is 0 Å². The molecule has 0 fully saturated rings. The maximum atomic E-state index is 10.3. The number of halogens is 1. The SMILES string of the molecule is CCCCCCCCCCCCOS(=O)(=O)[O-].O=C([O-])CC(O)(CC(=O)O)C(=O)O.[Cl-].[Na+].[Na+].[Na+]. The summed E-state index contributed by atoms with van der Waals surface area (Å²) in [5, 5.41) is 35.5. The number of rotatable bonds is 17. The average Bonchev–Trinajstić information content (AvgIpc) is 2.57. The zero-order valence-corrected chi connectivity index (χ0v) is 28.2. The molecule has 34 heavy (non-hydrogen) atoms. The Morgan fingerprint density at radius 1 is 0.824 bits per heavy atom. The number of carboxylic acid groups (broad SMARTS) is 3. The van der Waals surface area contributed by atoms with Crippen LogP contribution in [0.5, 0.6) is 0 Å². The minimum Gasteiger partial charge on any atom is -1.00 e. The zero-order valence-electron chi connectivity index (χ0n) is 20.6. The second-order valence-corrected chi connectivity index (χ2v) is 7.92. The molecule has 1 unspecified atom stereocenters. The van der Waals surface area contributed by atoms with Gasteiger partial charge in [0.15, 0.2) is 5.60 Å². The summed E-state index contributed by atoms with van der Waals surface area (Å²) in [7, 11) is -4.48. The second-order valence-electron chi connectivity index (χ2n) is 6.87. The first kappa shape index (κ1) is 48.6. The van der Waals surface area contributed by atoms with Crippen molar-refractivity contribution in [2.75, 3.05) is 6.61 Å². The molecule has 0 spiro atoms. The van der Waals surface area contributed by atoms with E-state index in [0.29, 0.717) is 6.42 Å². The molecule has 0 amide bonds. The fourth-order valence-corrected chi connectivity index (χ4v) is 2.78. The average molecular weight is 561 g/mol. The van der Waals surface area contributed by atoms with Gasteiger partial charge in [0.2, 0.25) is 10.4 Å². The summed E-state index contributed by atoms with van der Waals surface area (Å²) >= 11 is 0. The van der Waals surface area contributed by atoms with Gasteiger partial charge in [0, 0.05) is 12.4 Å². The molecular formula is C18H32ClNa3O11S. The number of carbonyl (C=O) groups excluding carboxylic acids is 1. The van der Waals surface area contributed by atoms with Crippen molar-refractivity contribution in [3.8, 4) is 0 Å². The van der Waals surface area contributed by atoms with Crippen LogP contribution in [0.4, 0.5) is 0 Å². The van der Waals surface area contributed by atoms with E-state index in [-0.39, 0.29) is 108 Å². The molecule has 0 bridgehead atoms. The molecule has 16 heteroatoms. The van der Waals surface area contributed by atoms with Gasteiger partial charge < -0.3 is 42.2 Å². The Morgan fingerprint density at radius 3 is 1.50 bits per heavy atom. The number of aliphatic carboxylic acids is 3. The van der Waals surface area contributed by atoms with Gasteiger partial charge >= 0.3 is 101 Å². The maximum absolute atomic E-state index is 10.3. The molecule has 3 N–H and O–H groups in total. The number of hydrogen-bond acceptors (Lipinski definition) is 9. The molecule has 0 radical (unpaired) electrons. The van der Waals surface area contributed by atoms with E-state index in [2.05, 4.69) is 11.1 Å². The van der Waals surface area contributed by atoms with Gasteiger partial charge in [-0.15, -0.1) is 0 Å². The quantitative estimate of drug-likeness (QED) is 0.0659. The van der Waals surface area contributed by atoms with Gasteiger partial charge in [-0.05, 0) is 6.42 Å². The van der Waals surface area contributed by atoms with E-state index < -0.39 is 46.7 Å². The number of carbonyl (C=O) groups is 3. The van der Waals surface area contributed by atoms with Crippen molar-refractivity contribution in [1.82, 2.24) is 0 Å². The van der Waals surface area contributed by atoms with Crippen molar-refractivity contribution >= 4 is 28.3 Å². The molecular weight excluding hydrogens is 529 g/mol. The molecule has 0 aliphatic carbocycles. The van der Waals surface area contributed by atoms with E-state index in [1.165, 1.54) is 44.9 Å². The van der Waals surface area contributed by atoms with E-state index in [0.717, 1.165) is 12.8 Å². The van der Waals surface area contributed by atoms with Crippen molar-refractivity contribution in [2.45, 2.75) is 89.6 Å². The Balaban J connectivity index is -0.000000106. The standard InChI is InChI=1S/C12H26O4S.C6H8O7.ClH.3Na/c1-2-3-4-5-6-7-8-9-10-11-12-16-17(13,14)15;7-3(8)1-6(13,5(11)12)2-4(9)10;;;;/h2-12H2,1H3,(H,13,14,15);13H,1-2H2,(H,7,8)(H,9,10)(H,11,12);1H;;;/q;;;3*+1/p-3. The van der Waals surface area contributed by atoms with Crippen LogP contribution in [-0.4, -0.2) is 58.4 Å². The number of aliphatic hydroxyl groups is 1. The van der Waals surface area contributed by atoms with Crippen LogP contribution in [-0.2, 0) is 29.0 Å². The van der Waals surface area contributed by atoms with Crippen LogP contribution >= 0.6 is 0 Å². The van der Waals surface area contributed by atoms with Crippen LogP contribution in [0.1, 0.15) is 84.0 Å². The number of carboxylic acids is 3. The molecule has 0 aromatic carbocycles. The maximum Gasteiger partial charge on any atom is 1.00 e. The first-order valence-electron chi connectivity index (χ1n) is 9.81. The van der Waals surface area contributed by atoms with Gasteiger partial charge in [0.05, 0.1) is 13.0 Å². The molecule has 0 aromatic heterocycles. The van der Waals surface area contributed by atoms with Gasteiger partial charge in [0.1, 0.15) is 0 Å². The van der Waals surface area contributed by atoms with E-state index in [4.69, 9.17) is 15.3 Å². The molecule has 0 saturated heterocycles. The summed E-state index contributed by atoms with van der Waals surface area (Å²) in [6.45, 7) is 2.24. The van der Waals surface area contributed by atoms with Crippen LogP contribution in [0.25, 0.3) is 0 Å². The van der Waals surface area contributed by atoms with Crippen LogP contribution in [0.3, 0.4) is 0 Å². The molecule has 186 valence electrons. The van der Waals surface area contributed by atoms with Gasteiger partial charge in [-0.1, -0.05) is 64.7 Å². The summed E-state index contributed by atoms with van der Waals surface area (Å²) in [6.07, 6.45) is 9.26. The van der Waals surface area contributed by atoms with Gasteiger partial charge in [-0.25, -0.2) is 13.2 Å². The molecule has 0 rings (SSSR count). The second kappa shape index (κ2) is 29.1. The van der Waals surface area contributed by atoms with Crippen LogP contribution in [0.15, 0.2) is 0 Å². The number of unbranched alkanes of at least 4 members (excludes halogenated alkanes) is 9. The van der Waals surface area contributed by atoms with Crippen molar-refractivity contribution in [1.29, 1.82) is 0 Å². The molecule has 0 aliphatic heterocycles. The summed E-state index contributed by atoms with van der Waals surface area (Å²) < 4.78 is 34.5. The monoisotopic (exact) mass is 560 g/mol. The van der Waals surface area contributed by atoms with Crippen LogP contribution in [0, 0.1) is 0 Å². The normalized spacial score (nSPS) is 11.5. The predicted octanol–water partition coefficient (Wildman–Crippen LogP) is -11.2. The van der Waals surface area contributed by atoms with Crippen molar-refractivity contribution < 1.29 is 153 Å². The Kier molecular flexibility index (Phi) is 41.6. The van der Waals surface area contributed by atoms with Gasteiger partial charge in [-0.3, -0.25) is 8.98 Å². The van der Waals surface area contributed by atoms with Gasteiger partial charge in [0.25, 0.3) is 0 Å². The number of hydrogen-bond donors (Lipinski definition) is 3. The molecule has 11 nitrogen and oxygen atoms in total. The van der Waals surface area contributed by atoms with E-state index in [1.807, 2.05) is 0 Å². The van der Waals surface area contributed by atoms with Crippen molar-refractivity contribution in [3.63, 3.8) is 0 Å². The zero-order chi connectivity index (χ0) is 23.6. The summed E-state index contributed by atoms with van der Waals surface area (Å²) in [4.78, 5) is 30.3. The minimum absolute atomic E-state index is 0. The van der Waals surface area contributed by atoms with E-state index in [9.17, 15) is 32.5 Å². The van der Waals surface area contributed by atoms with Crippen LogP contribution in [0.2, 0.25) is 0 Å². The Bertz CT molecular complexity index is 606. The molecule has 0 saturated carbocycles. The molecule has 0 aromatic rings. The minimum atomic E-state index is -4.48. The summed E-state index contributed by atoms with van der Waals surface area (Å²) in [6, 6.07) is 0. The van der Waals surface area contributed by atoms with Crippen LogP contribution < -0.4 is 106 Å². The fourth-order valence-electron chi connectivity index (χ4n) is 2.45. The Labute approximate surface area is 274 Å². The first-order valence-corrected chi connectivity index (χ1v) is 11.1. The topological polar surface area (TPSA) is 201 Å². The summed E-state index contributed by atoms with van der Waals surface area (Å²) in [5.74, 6) is -5.34.